The highest BCUT2D eigenvalue weighted by Gasteiger charge is 2.31. The number of aryl methyl sites for hydroxylation is 1. The van der Waals surface area contributed by atoms with Crippen LogP contribution in [-0.2, 0) is 23.3 Å². The van der Waals surface area contributed by atoms with Crippen LogP contribution in [0.25, 0.3) is 10.9 Å². The largest absolute Gasteiger partial charge is 0.373 e. The van der Waals surface area contributed by atoms with Gasteiger partial charge in [0.15, 0.2) is 0 Å². The number of hydrogen-bond acceptors (Lipinski definition) is 1. The van der Waals surface area contributed by atoms with Crippen molar-refractivity contribution in [2.75, 3.05) is 6.61 Å². The third kappa shape index (κ3) is 1.44. The van der Waals surface area contributed by atoms with E-state index in [1.165, 1.54) is 22.2 Å². The van der Waals surface area contributed by atoms with Crippen molar-refractivity contribution in [3.63, 3.8) is 0 Å². The first-order valence-corrected chi connectivity index (χ1v) is 6.34. The molecule has 1 aliphatic heterocycles. The van der Waals surface area contributed by atoms with E-state index in [0.29, 0.717) is 0 Å². The van der Waals surface area contributed by atoms with E-state index in [9.17, 15) is 0 Å². The summed E-state index contributed by atoms with van der Waals surface area (Å²) in [6, 6.07) is 8.71. The summed E-state index contributed by atoms with van der Waals surface area (Å²) in [7, 11) is 0. The number of para-hydroxylation sites is 1. The molecule has 0 unspecified atom stereocenters. The van der Waals surface area contributed by atoms with Gasteiger partial charge in [0.05, 0.1) is 18.8 Å². The Bertz CT molecular complexity index is 566. The lowest BCUT2D eigenvalue weighted by atomic mass is 10.0. The van der Waals surface area contributed by atoms with Gasteiger partial charge < -0.3 is 9.30 Å². The van der Waals surface area contributed by atoms with Gasteiger partial charge >= 0.3 is 0 Å². The lowest BCUT2D eigenvalue weighted by Crippen LogP contribution is -2.37. The molecular formula is C15H19NO. The highest BCUT2D eigenvalue weighted by molar-refractivity contribution is 5.86. The van der Waals surface area contributed by atoms with E-state index in [1.54, 1.807) is 0 Å². The molecule has 0 amide bonds. The number of benzene rings is 1. The normalized spacial score (nSPS) is 18.3. The second-order valence-electron chi connectivity index (χ2n) is 5.44. The predicted octanol–water partition coefficient (Wildman–Crippen LogP) is 3.47. The van der Waals surface area contributed by atoms with Gasteiger partial charge in [0, 0.05) is 16.6 Å². The molecule has 2 heteroatoms. The lowest BCUT2D eigenvalue weighted by Gasteiger charge is -2.34. The van der Waals surface area contributed by atoms with Crippen LogP contribution in [0, 0.1) is 0 Å². The quantitative estimate of drug-likeness (QED) is 0.730. The minimum atomic E-state index is 0.0562. The predicted molar refractivity (Wildman–Crippen MR) is 70.3 cm³/mol. The zero-order chi connectivity index (χ0) is 12.0. The highest BCUT2D eigenvalue weighted by Crippen LogP contribution is 2.35. The van der Waals surface area contributed by atoms with Crippen molar-refractivity contribution in [2.24, 2.45) is 0 Å². The van der Waals surface area contributed by atoms with Crippen molar-refractivity contribution in [2.45, 2.75) is 39.3 Å². The molecule has 0 radical (unpaired) electrons. The van der Waals surface area contributed by atoms with Crippen LogP contribution in [0.15, 0.2) is 24.3 Å². The average Bonchev–Trinajstić information content (AvgIpc) is 2.63. The highest BCUT2D eigenvalue weighted by atomic mass is 16.5. The van der Waals surface area contributed by atoms with Crippen LogP contribution >= 0.6 is 0 Å². The lowest BCUT2D eigenvalue weighted by molar-refractivity contribution is 0.0229. The van der Waals surface area contributed by atoms with E-state index in [2.05, 4.69) is 49.6 Å². The van der Waals surface area contributed by atoms with Gasteiger partial charge in [0.2, 0.25) is 0 Å². The molecule has 0 aliphatic carbocycles. The van der Waals surface area contributed by atoms with Gasteiger partial charge in [-0.25, -0.2) is 0 Å². The van der Waals surface area contributed by atoms with Gasteiger partial charge in [-0.1, -0.05) is 25.1 Å². The molecule has 0 N–H and O–H groups in total. The first-order chi connectivity index (χ1) is 8.15. The summed E-state index contributed by atoms with van der Waals surface area (Å²) in [6.07, 6.45) is 1.07. The minimum Gasteiger partial charge on any atom is -0.373 e. The van der Waals surface area contributed by atoms with Gasteiger partial charge in [-0.05, 0) is 31.9 Å². The number of fused-ring (bicyclic) bond motifs is 3. The fourth-order valence-corrected chi connectivity index (χ4v) is 3.06. The van der Waals surface area contributed by atoms with Crippen molar-refractivity contribution < 1.29 is 4.74 Å². The zero-order valence-corrected chi connectivity index (χ0v) is 10.8. The van der Waals surface area contributed by atoms with Crippen molar-refractivity contribution in [1.82, 2.24) is 4.57 Å². The van der Waals surface area contributed by atoms with Gasteiger partial charge in [-0.3, -0.25) is 0 Å². The fraction of sp³-hybridized carbons (Fsp3) is 0.467. The smallest absolute Gasteiger partial charge is 0.0872 e. The second kappa shape index (κ2) is 3.61. The maximum absolute atomic E-state index is 5.76. The molecule has 3 rings (SSSR count). The van der Waals surface area contributed by atoms with E-state index < -0.39 is 0 Å². The standard InChI is InChI=1S/C15H19NO/c1-4-11-12-7-5-6-8-13(12)16-14(11)9-17-10-15(16,2)3/h5-8H,4,9-10H2,1-3H3. The summed E-state index contributed by atoms with van der Waals surface area (Å²) in [5.74, 6) is 0. The van der Waals surface area contributed by atoms with Crippen molar-refractivity contribution in [3.8, 4) is 0 Å². The van der Waals surface area contributed by atoms with Crippen molar-refractivity contribution in [3.05, 3.63) is 35.5 Å². The Morgan fingerprint density at radius 3 is 2.82 bits per heavy atom. The van der Waals surface area contributed by atoms with Crippen LogP contribution in [0.3, 0.4) is 0 Å². The number of rotatable bonds is 1. The molecule has 17 heavy (non-hydrogen) atoms. The molecule has 0 bridgehead atoms. The number of aromatic nitrogens is 1. The molecule has 2 aromatic rings. The van der Waals surface area contributed by atoms with Crippen molar-refractivity contribution >= 4 is 10.9 Å². The maximum Gasteiger partial charge on any atom is 0.0872 e. The summed E-state index contributed by atoms with van der Waals surface area (Å²) in [5.41, 5.74) is 4.23. The molecule has 1 aromatic carbocycles. The van der Waals surface area contributed by atoms with Gasteiger partial charge in [0.1, 0.15) is 0 Å². The summed E-state index contributed by atoms with van der Waals surface area (Å²) in [6.45, 7) is 8.27. The Kier molecular flexibility index (Phi) is 2.30. The Labute approximate surface area is 102 Å². The molecule has 0 saturated heterocycles. The van der Waals surface area contributed by atoms with Gasteiger partial charge in [0.25, 0.3) is 0 Å². The first kappa shape index (κ1) is 10.8. The molecular weight excluding hydrogens is 210 g/mol. The monoisotopic (exact) mass is 229 g/mol. The molecule has 0 fully saturated rings. The zero-order valence-electron chi connectivity index (χ0n) is 10.8. The first-order valence-electron chi connectivity index (χ1n) is 6.34. The van der Waals surface area contributed by atoms with Crippen LogP contribution in [0.4, 0.5) is 0 Å². The summed E-state index contributed by atoms with van der Waals surface area (Å²) in [5, 5.41) is 1.39. The SMILES string of the molecule is CCc1c2n(c3ccccc13)C(C)(C)COC2. The van der Waals surface area contributed by atoms with Crippen molar-refractivity contribution in [1.29, 1.82) is 0 Å². The molecule has 1 aromatic heterocycles. The molecule has 0 spiro atoms. The number of nitrogens with zero attached hydrogens (tertiary/aromatic N) is 1. The molecule has 1 aliphatic rings. The van der Waals surface area contributed by atoms with Gasteiger partial charge in [-0.15, -0.1) is 0 Å². The Morgan fingerprint density at radius 1 is 1.29 bits per heavy atom. The van der Waals surface area contributed by atoms with Crippen LogP contribution < -0.4 is 0 Å². The third-order valence-corrected chi connectivity index (χ3v) is 3.74. The number of ether oxygens (including phenoxy) is 1. The van der Waals surface area contributed by atoms with E-state index in [0.717, 1.165) is 19.6 Å². The minimum absolute atomic E-state index is 0.0562. The topological polar surface area (TPSA) is 14.2 Å². The third-order valence-electron chi connectivity index (χ3n) is 3.74. The fourth-order valence-electron chi connectivity index (χ4n) is 3.06. The summed E-state index contributed by atoms with van der Waals surface area (Å²) >= 11 is 0. The Hall–Kier alpha value is -1.28. The second-order valence-corrected chi connectivity index (χ2v) is 5.44. The van der Waals surface area contributed by atoms with E-state index in [-0.39, 0.29) is 5.54 Å². The molecule has 0 atom stereocenters. The van der Waals surface area contributed by atoms with E-state index >= 15 is 0 Å². The molecule has 2 heterocycles. The van der Waals surface area contributed by atoms with Crippen LogP contribution in [-0.4, -0.2) is 11.2 Å². The molecule has 0 saturated carbocycles. The summed E-state index contributed by atoms with van der Waals surface area (Å²) < 4.78 is 8.24. The Morgan fingerprint density at radius 2 is 2.06 bits per heavy atom. The maximum atomic E-state index is 5.76. The molecule has 90 valence electrons. The van der Waals surface area contributed by atoms with Crippen LogP contribution in [0.2, 0.25) is 0 Å². The van der Waals surface area contributed by atoms with Gasteiger partial charge in [-0.2, -0.15) is 0 Å². The summed E-state index contributed by atoms with van der Waals surface area (Å²) in [4.78, 5) is 0. The van der Waals surface area contributed by atoms with Crippen LogP contribution in [0.5, 0.6) is 0 Å². The van der Waals surface area contributed by atoms with E-state index in [4.69, 9.17) is 4.74 Å². The number of hydrogen-bond donors (Lipinski definition) is 0. The average molecular weight is 229 g/mol. The van der Waals surface area contributed by atoms with E-state index in [1.807, 2.05) is 0 Å². The Balaban J connectivity index is 2.42. The molecule has 2 nitrogen and oxygen atoms in total. The van der Waals surface area contributed by atoms with Crippen LogP contribution in [0.1, 0.15) is 32.0 Å².